The number of carbonyl (C=O) groups excluding carboxylic acids is 1. The molecule has 1 fully saturated rings. The van der Waals surface area contributed by atoms with Gasteiger partial charge in [0.25, 0.3) is 0 Å². The van der Waals surface area contributed by atoms with E-state index >= 15 is 0 Å². The molecule has 2 rings (SSSR count). The van der Waals surface area contributed by atoms with Crippen molar-refractivity contribution in [2.24, 2.45) is 5.41 Å². The first kappa shape index (κ1) is 17.6. The number of benzene rings is 1. The highest BCUT2D eigenvalue weighted by molar-refractivity contribution is 9.10. The number of hydrogen-bond acceptors (Lipinski definition) is 2. The molecular formula is C14H14BrF3N2O3. The SMILES string of the molecule is CC1(C(=O)O)CCN(C(=O)Nc2cc(Br)cc(C(F)(F)F)c2)C1. The number of amides is 2. The van der Waals surface area contributed by atoms with Gasteiger partial charge in [-0.25, -0.2) is 4.79 Å². The van der Waals surface area contributed by atoms with Crippen molar-refractivity contribution in [1.29, 1.82) is 0 Å². The Labute approximate surface area is 138 Å². The Morgan fingerprint density at radius 2 is 2.00 bits per heavy atom. The molecule has 0 bridgehead atoms. The zero-order valence-corrected chi connectivity index (χ0v) is 13.7. The number of carboxylic acids is 1. The van der Waals surface area contributed by atoms with Crippen molar-refractivity contribution in [1.82, 2.24) is 4.90 Å². The minimum absolute atomic E-state index is 0.00823. The van der Waals surface area contributed by atoms with Crippen molar-refractivity contribution in [3.63, 3.8) is 0 Å². The number of carbonyl (C=O) groups is 2. The molecule has 1 saturated heterocycles. The third-order valence-corrected chi connectivity index (χ3v) is 4.21. The molecule has 5 nitrogen and oxygen atoms in total. The third kappa shape index (κ3) is 3.95. The van der Waals surface area contributed by atoms with E-state index in [1.807, 2.05) is 0 Å². The van der Waals surface area contributed by atoms with E-state index in [0.29, 0.717) is 6.42 Å². The average Bonchev–Trinajstić information content (AvgIpc) is 2.81. The molecule has 0 aromatic heterocycles. The van der Waals surface area contributed by atoms with Crippen LogP contribution in [0.25, 0.3) is 0 Å². The van der Waals surface area contributed by atoms with Gasteiger partial charge in [0.15, 0.2) is 0 Å². The summed E-state index contributed by atoms with van der Waals surface area (Å²) in [4.78, 5) is 24.6. The Morgan fingerprint density at radius 3 is 2.52 bits per heavy atom. The first-order chi connectivity index (χ1) is 10.5. The van der Waals surface area contributed by atoms with Crippen LogP contribution in [0.15, 0.2) is 22.7 Å². The van der Waals surface area contributed by atoms with Crippen molar-refractivity contribution in [2.45, 2.75) is 19.5 Å². The van der Waals surface area contributed by atoms with Gasteiger partial charge in [0.1, 0.15) is 0 Å². The molecule has 23 heavy (non-hydrogen) atoms. The molecule has 1 aliphatic rings. The number of aliphatic carboxylic acids is 1. The number of likely N-dealkylation sites (tertiary alicyclic amines) is 1. The smallest absolute Gasteiger partial charge is 0.416 e. The summed E-state index contributed by atoms with van der Waals surface area (Å²) in [6.07, 6.45) is -4.24. The molecular weight excluding hydrogens is 381 g/mol. The topological polar surface area (TPSA) is 69.6 Å². The number of urea groups is 1. The second-order valence-electron chi connectivity index (χ2n) is 5.69. The molecule has 2 amide bonds. The van der Waals surface area contributed by atoms with E-state index in [9.17, 15) is 22.8 Å². The number of hydrogen-bond donors (Lipinski definition) is 2. The number of alkyl halides is 3. The van der Waals surface area contributed by atoms with Crippen LogP contribution in [-0.2, 0) is 11.0 Å². The van der Waals surface area contributed by atoms with Gasteiger partial charge in [-0.05, 0) is 31.5 Å². The lowest BCUT2D eigenvalue weighted by molar-refractivity contribution is -0.147. The maximum absolute atomic E-state index is 12.8. The van der Waals surface area contributed by atoms with Gasteiger partial charge in [-0.15, -0.1) is 0 Å². The number of carboxylic acid groups (broad SMARTS) is 1. The van der Waals surface area contributed by atoms with E-state index in [1.54, 1.807) is 0 Å². The molecule has 1 heterocycles. The molecule has 2 N–H and O–H groups in total. The Bertz CT molecular complexity index is 651. The van der Waals surface area contributed by atoms with Crippen molar-refractivity contribution in [2.75, 3.05) is 18.4 Å². The van der Waals surface area contributed by atoms with Crippen molar-refractivity contribution in [3.05, 3.63) is 28.2 Å². The molecule has 1 atom stereocenters. The number of anilines is 1. The summed E-state index contributed by atoms with van der Waals surface area (Å²) in [5.74, 6) is -1.00. The zero-order valence-electron chi connectivity index (χ0n) is 12.1. The van der Waals surface area contributed by atoms with Crippen LogP contribution in [0.2, 0.25) is 0 Å². The van der Waals surface area contributed by atoms with Gasteiger partial charge in [-0.2, -0.15) is 13.2 Å². The summed E-state index contributed by atoms with van der Waals surface area (Å²) in [7, 11) is 0. The second kappa shape index (κ2) is 6.03. The van der Waals surface area contributed by atoms with Gasteiger partial charge in [-0.3, -0.25) is 4.79 Å². The van der Waals surface area contributed by atoms with Crippen molar-refractivity contribution in [3.8, 4) is 0 Å². The minimum Gasteiger partial charge on any atom is -0.481 e. The molecule has 0 aliphatic carbocycles. The van der Waals surface area contributed by atoms with E-state index in [4.69, 9.17) is 5.11 Å². The fourth-order valence-corrected chi connectivity index (χ4v) is 2.83. The van der Waals surface area contributed by atoms with Crippen LogP contribution in [0.4, 0.5) is 23.7 Å². The maximum atomic E-state index is 12.8. The van der Waals surface area contributed by atoms with E-state index in [0.717, 1.165) is 12.1 Å². The van der Waals surface area contributed by atoms with Crippen LogP contribution < -0.4 is 5.32 Å². The lowest BCUT2D eigenvalue weighted by Crippen LogP contribution is -2.37. The lowest BCUT2D eigenvalue weighted by Gasteiger charge is -2.21. The molecule has 0 spiro atoms. The van der Waals surface area contributed by atoms with Crippen LogP contribution in [-0.4, -0.2) is 35.1 Å². The Hall–Kier alpha value is -1.77. The van der Waals surface area contributed by atoms with Crippen LogP contribution in [0.3, 0.4) is 0 Å². The van der Waals surface area contributed by atoms with Crippen LogP contribution in [0, 0.1) is 5.41 Å². The summed E-state index contributed by atoms with van der Waals surface area (Å²) in [6.45, 7) is 1.77. The Balaban J connectivity index is 2.13. The number of nitrogens with one attached hydrogen (secondary N) is 1. The highest BCUT2D eigenvalue weighted by atomic mass is 79.9. The number of rotatable bonds is 2. The molecule has 0 radical (unpaired) electrons. The highest BCUT2D eigenvalue weighted by Gasteiger charge is 2.42. The van der Waals surface area contributed by atoms with Crippen molar-refractivity contribution < 1.29 is 27.9 Å². The first-order valence-corrected chi connectivity index (χ1v) is 7.48. The molecule has 1 unspecified atom stereocenters. The van der Waals surface area contributed by atoms with Gasteiger partial charge in [0.05, 0.1) is 11.0 Å². The molecule has 1 aliphatic heterocycles. The largest absolute Gasteiger partial charge is 0.481 e. The van der Waals surface area contributed by atoms with E-state index in [2.05, 4.69) is 21.2 Å². The zero-order chi connectivity index (χ0) is 17.4. The van der Waals surface area contributed by atoms with E-state index in [1.165, 1.54) is 17.9 Å². The van der Waals surface area contributed by atoms with Gasteiger partial charge in [-0.1, -0.05) is 15.9 Å². The van der Waals surface area contributed by atoms with E-state index in [-0.39, 0.29) is 23.2 Å². The molecule has 1 aromatic carbocycles. The van der Waals surface area contributed by atoms with Crippen LogP contribution >= 0.6 is 15.9 Å². The monoisotopic (exact) mass is 394 g/mol. The standard InChI is InChI=1S/C14H14BrF3N2O3/c1-13(11(21)22)2-3-20(7-13)12(23)19-10-5-8(14(16,17)18)4-9(15)6-10/h4-6H,2-3,7H2,1H3,(H,19,23)(H,21,22). The summed E-state index contributed by atoms with van der Waals surface area (Å²) in [5, 5.41) is 11.5. The maximum Gasteiger partial charge on any atom is 0.416 e. The molecule has 126 valence electrons. The lowest BCUT2D eigenvalue weighted by atomic mass is 9.90. The predicted molar refractivity (Wildman–Crippen MR) is 80.1 cm³/mol. The van der Waals surface area contributed by atoms with Gasteiger partial charge in [0, 0.05) is 23.2 Å². The Morgan fingerprint density at radius 1 is 1.35 bits per heavy atom. The van der Waals surface area contributed by atoms with Crippen LogP contribution in [0.5, 0.6) is 0 Å². The summed E-state index contributed by atoms with van der Waals surface area (Å²) in [6, 6.07) is 2.46. The predicted octanol–water partition coefficient (Wildman–Crippen LogP) is 3.80. The molecule has 0 saturated carbocycles. The minimum atomic E-state index is -4.53. The fourth-order valence-electron chi connectivity index (χ4n) is 2.34. The third-order valence-electron chi connectivity index (χ3n) is 3.75. The van der Waals surface area contributed by atoms with E-state index < -0.39 is 29.2 Å². The average molecular weight is 395 g/mol. The highest BCUT2D eigenvalue weighted by Crippen LogP contribution is 2.34. The van der Waals surface area contributed by atoms with Gasteiger partial charge in [0.2, 0.25) is 0 Å². The van der Waals surface area contributed by atoms with Gasteiger partial charge >= 0.3 is 18.2 Å². The van der Waals surface area contributed by atoms with Gasteiger partial charge < -0.3 is 15.3 Å². The molecule has 9 heteroatoms. The fraction of sp³-hybridized carbons (Fsp3) is 0.429. The summed E-state index contributed by atoms with van der Waals surface area (Å²) >= 11 is 2.97. The number of nitrogens with zero attached hydrogens (tertiary/aromatic N) is 1. The normalized spacial score (nSPS) is 21.3. The quantitative estimate of drug-likeness (QED) is 0.801. The van der Waals surface area contributed by atoms with Crippen LogP contribution in [0.1, 0.15) is 18.9 Å². The summed E-state index contributed by atoms with van der Waals surface area (Å²) in [5.41, 5.74) is -1.94. The molecule has 1 aromatic rings. The van der Waals surface area contributed by atoms with Crippen molar-refractivity contribution >= 4 is 33.6 Å². The Kier molecular flexibility index (Phi) is 4.61. The first-order valence-electron chi connectivity index (χ1n) is 6.68. The second-order valence-corrected chi connectivity index (χ2v) is 6.61. The number of halogens is 4. The summed E-state index contributed by atoms with van der Waals surface area (Å²) < 4.78 is 38.5.